The Bertz CT molecular complexity index is 357. The first-order valence-corrected chi connectivity index (χ1v) is 5.51. The van der Waals surface area contributed by atoms with E-state index in [4.69, 9.17) is 11.5 Å². The summed E-state index contributed by atoms with van der Waals surface area (Å²) in [4.78, 5) is 11.0. The van der Waals surface area contributed by atoms with Crippen LogP contribution in [0.15, 0.2) is 12.3 Å². The number of unbranched alkanes of at least 4 members (excludes halogenated alkanes) is 1. The van der Waals surface area contributed by atoms with Crippen molar-refractivity contribution >= 4 is 5.91 Å². The predicted molar refractivity (Wildman–Crippen MR) is 62.6 cm³/mol. The van der Waals surface area contributed by atoms with Gasteiger partial charge in [-0.1, -0.05) is 0 Å². The van der Waals surface area contributed by atoms with Gasteiger partial charge in [0.15, 0.2) is 0 Å². The Kier molecular flexibility index (Phi) is 4.06. The van der Waals surface area contributed by atoms with E-state index < -0.39 is 11.4 Å². The lowest BCUT2D eigenvalue weighted by atomic mass is 9.95. The Morgan fingerprint density at radius 1 is 1.56 bits per heavy atom. The molecule has 0 aliphatic carbocycles. The number of nitrogens with two attached hydrogens (primary N) is 2. The van der Waals surface area contributed by atoms with E-state index in [1.165, 1.54) is 0 Å². The van der Waals surface area contributed by atoms with Crippen molar-refractivity contribution in [2.75, 3.05) is 0 Å². The molecule has 1 heterocycles. The summed E-state index contributed by atoms with van der Waals surface area (Å²) in [6.45, 7) is 4.55. The van der Waals surface area contributed by atoms with E-state index in [2.05, 4.69) is 5.10 Å². The van der Waals surface area contributed by atoms with Crippen molar-refractivity contribution in [1.82, 2.24) is 9.78 Å². The lowest BCUT2D eigenvalue weighted by molar-refractivity contribution is -0.122. The van der Waals surface area contributed by atoms with Gasteiger partial charge in [-0.15, -0.1) is 0 Å². The molecule has 0 aliphatic rings. The molecule has 16 heavy (non-hydrogen) atoms. The van der Waals surface area contributed by atoms with E-state index in [-0.39, 0.29) is 0 Å². The van der Waals surface area contributed by atoms with Crippen molar-refractivity contribution in [3.05, 3.63) is 18.0 Å². The summed E-state index contributed by atoms with van der Waals surface area (Å²) in [5, 5.41) is 4.18. The molecule has 90 valence electrons. The number of hydrogen-bond donors (Lipinski definition) is 2. The molecule has 0 fully saturated rings. The molecule has 0 bridgehead atoms. The normalized spacial score (nSPS) is 14.7. The van der Waals surface area contributed by atoms with Crippen molar-refractivity contribution in [2.45, 2.75) is 45.2 Å². The lowest BCUT2D eigenvalue weighted by Gasteiger charge is -2.19. The number of rotatable bonds is 6. The molecule has 0 spiro atoms. The number of carbonyl (C=O) groups is 1. The summed E-state index contributed by atoms with van der Waals surface area (Å²) in [7, 11) is 0. The van der Waals surface area contributed by atoms with Crippen molar-refractivity contribution in [3.63, 3.8) is 0 Å². The molecular weight excluding hydrogens is 204 g/mol. The zero-order valence-electron chi connectivity index (χ0n) is 9.94. The average molecular weight is 224 g/mol. The lowest BCUT2D eigenvalue weighted by Crippen LogP contribution is -2.49. The van der Waals surface area contributed by atoms with Crippen LogP contribution >= 0.6 is 0 Å². The van der Waals surface area contributed by atoms with Crippen LogP contribution in [0.3, 0.4) is 0 Å². The van der Waals surface area contributed by atoms with Crippen molar-refractivity contribution < 1.29 is 4.79 Å². The van der Waals surface area contributed by atoms with Crippen LogP contribution in [0, 0.1) is 6.92 Å². The van der Waals surface area contributed by atoms with Crippen LogP contribution in [0.4, 0.5) is 0 Å². The maximum atomic E-state index is 11.0. The van der Waals surface area contributed by atoms with Crippen LogP contribution in [-0.2, 0) is 11.3 Å². The zero-order valence-corrected chi connectivity index (χ0v) is 9.94. The van der Waals surface area contributed by atoms with E-state index in [1.54, 1.807) is 13.1 Å². The Labute approximate surface area is 95.8 Å². The number of amides is 1. The van der Waals surface area contributed by atoms with Crippen LogP contribution in [0.5, 0.6) is 0 Å². The molecule has 1 aromatic rings. The van der Waals surface area contributed by atoms with Gasteiger partial charge in [0.25, 0.3) is 0 Å². The third kappa shape index (κ3) is 3.34. The van der Waals surface area contributed by atoms with Gasteiger partial charge in [-0.25, -0.2) is 0 Å². The Balaban J connectivity index is 2.27. The van der Waals surface area contributed by atoms with Gasteiger partial charge in [-0.2, -0.15) is 5.10 Å². The molecule has 1 atom stereocenters. The highest BCUT2D eigenvalue weighted by Gasteiger charge is 2.24. The highest BCUT2D eigenvalue weighted by atomic mass is 16.1. The van der Waals surface area contributed by atoms with Crippen LogP contribution in [0.25, 0.3) is 0 Å². The molecule has 5 heteroatoms. The number of primary amides is 1. The Morgan fingerprint density at radius 2 is 2.25 bits per heavy atom. The zero-order chi connectivity index (χ0) is 12.2. The van der Waals surface area contributed by atoms with Crippen LogP contribution in [0.2, 0.25) is 0 Å². The van der Waals surface area contributed by atoms with E-state index in [0.29, 0.717) is 6.42 Å². The fraction of sp³-hybridized carbons (Fsp3) is 0.636. The van der Waals surface area contributed by atoms with E-state index in [0.717, 1.165) is 25.1 Å². The second-order valence-electron chi connectivity index (χ2n) is 4.43. The number of nitrogens with zero attached hydrogens (tertiary/aromatic N) is 2. The van der Waals surface area contributed by atoms with Crippen LogP contribution < -0.4 is 11.5 Å². The Hall–Kier alpha value is -1.36. The minimum Gasteiger partial charge on any atom is -0.368 e. The Morgan fingerprint density at radius 3 is 2.75 bits per heavy atom. The number of aromatic nitrogens is 2. The number of hydrogen-bond acceptors (Lipinski definition) is 3. The first kappa shape index (κ1) is 12.7. The second-order valence-corrected chi connectivity index (χ2v) is 4.43. The van der Waals surface area contributed by atoms with Gasteiger partial charge in [0.05, 0.1) is 5.54 Å². The number of aryl methyl sites for hydroxylation is 2. The van der Waals surface area contributed by atoms with Crippen LogP contribution in [-0.4, -0.2) is 21.2 Å². The monoisotopic (exact) mass is 224 g/mol. The number of carbonyl (C=O) groups excluding carboxylic acids is 1. The van der Waals surface area contributed by atoms with E-state index in [1.807, 2.05) is 17.7 Å². The highest BCUT2D eigenvalue weighted by molar-refractivity contribution is 5.83. The van der Waals surface area contributed by atoms with Gasteiger partial charge in [-0.05, 0) is 39.2 Å². The van der Waals surface area contributed by atoms with Gasteiger partial charge in [0.1, 0.15) is 0 Å². The fourth-order valence-corrected chi connectivity index (χ4v) is 1.51. The van der Waals surface area contributed by atoms with Crippen molar-refractivity contribution in [2.24, 2.45) is 11.5 Å². The van der Waals surface area contributed by atoms with Gasteiger partial charge in [0, 0.05) is 18.4 Å². The van der Waals surface area contributed by atoms with Crippen molar-refractivity contribution in [1.29, 1.82) is 0 Å². The molecule has 1 rings (SSSR count). The molecule has 0 aliphatic heterocycles. The van der Waals surface area contributed by atoms with E-state index in [9.17, 15) is 4.79 Å². The van der Waals surface area contributed by atoms with Crippen molar-refractivity contribution in [3.8, 4) is 0 Å². The topological polar surface area (TPSA) is 86.9 Å². The molecule has 0 saturated heterocycles. The van der Waals surface area contributed by atoms with Crippen LogP contribution in [0.1, 0.15) is 31.9 Å². The second kappa shape index (κ2) is 5.12. The SMILES string of the molecule is Cc1ccnn1CCCCC(C)(N)C(N)=O. The summed E-state index contributed by atoms with van der Waals surface area (Å²) in [6.07, 6.45) is 4.21. The maximum Gasteiger partial charge on any atom is 0.237 e. The molecule has 4 N–H and O–H groups in total. The summed E-state index contributed by atoms with van der Waals surface area (Å²) in [5.41, 5.74) is 11.2. The molecular formula is C11H20N4O. The summed E-state index contributed by atoms with van der Waals surface area (Å²) >= 11 is 0. The molecule has 1 aromatic heterocycles. The molecule has 0 aromatic carbocycles. The molecule has 1 amide bonds. The maximum absolute atomic E-state index is 11.0. The molecule has 0 radical (unpaired) electrons. The van der Waals surface area contributed by atoms with Gasteiger partial charge in [-0.3, -0.25) is 9.48 Å². The van der Waals surface area contributed by atoms with Gasteiger partial charge in [0.2, 0.25) is 5.91 Å². The minimum absolute atomic E-state index is 0.442. The standard InChI is InChI=1S/C11H20N4O/c1-9-5-7-14-15(9)8-4-3-6-11(2,13)10(12)16/h5,7H,3-4,6,8,13H2,1-2H3,(H2,12,16). The van der Waals surface area contributed by atoms with Gasteiger partial charge >= 0.3 is 0 Å². The van der Waals surface area contributed by atoms with E-state index >= 15 is 0 Å². The quantitative estimate of drug-likeness (QED) is 0.692. The summed E-state index contributed by atoms with van der Waals surface area (Å²) in [5.74, 6) is -0.442. The minimum atomic E-state index is -0.890. The van der Waals surface area contributed by atoms with Gasteiger partial charge < -0.3 is 11.5 Å². The predicted octanol–water partition coefficient (Wildman–Crippen LogP) is 0.565. The molecule has 0 saturated carbocycles. The summed E-state index contributed by atoms with van der Waals surface area (Å²) in [6, 6.07) is 1.97. The smallest absolute Gasteiger partial charge is 0.237 e. The summed E-state index contributed by atoms with van der Waals surface area (Å²) < 4.78 is 1.94. The average Bonchev–Trinajstić information content (AvgIpc) is 2.59. The first-order chi connectivity index (χ1) is 7.43. The largest absolute Gasteiger partial charge is 0.368 e. The third-order valence-electron chi connectivity index (χ3n) is 2.81. The first-order valence-electron chi connectivity index (χ1n) is 5.51. The highest BCUT2D eigenvalue weighted by Crippen LogP contribution is 2.11. The fourth-order valence-electron chi connectivity index (χ4n) is 1.51. The third-order valence-corrected chi connectivity index (χ3v) is 2.81. The molecule has 1 unspecified atom stereocenters. The molecule has 5 nitrogen and oxygen atoms in total.